The molecule has 116 valence electrons. The fourth-order valence-electron chi connectivity index (χ4n) is 2.46. The Hall–Kier alpha value is -1.76. The van der Waals surface area contributed by atoms with Crippen LogP contribution < -0.4 is 11.1 Å². The fraction of sp³-hybridized carbons (Fsp3) is 0.500. The second-order valence-corrected chi connectivity index (χ2v) is 5.23. The van der Waals surface area contributed by atoms with Gasteiger partial charge in [-0.15, -0.1) is 0 Å². The molecule has 0 saturated carbocycles. The zero-order valence-corrected chi connectivity index (χ0v) is 11.5. The number of hydrogen-bond acceptors (Lipinski definition) is 3. The van der Waals surface area contributed by atoms with Crippen molar-refractivity contribution in [3.8, 4) is 0 Å². The van der Waals surface area contributed by atoms with Gasteiger partial charge < -0.3 is 11.1 Å². The molecular formula is C14H18F3N3O. The number of benzene rings is 1. The molecule has 1 heterocycles. The molecule has 0 atom stereocenters. The molecule has 7 heteroatoms. The van der Waals surface area contributed by atoms with Crippen LogP contribution >= 0.6 is 0 Å². The third-order valence-corrected chi connectivity index (χ3v) is 3.53. The summed E-state index contributed by atoms with van der Waals surface area (Å²) in [6, 6.07) is 6.62. The van der Waals surface area contributed by atoms with Crippen LogP contribution in [0.4, 0.5) is 18.9 Å². The fourth-order valence-corrected chi connectivity index (χ4v) is 2.46. The maximum atomic E-state index is 12.3. The first-order valence-electron chi connectivity index (χ1n) is 6.79. The van der Waals surface area contributed by atoms with Crippen molar-refractivity contribution < 1.29 is 18.0 Å². The number of amides is 1. The first-order valence-corrected chi connectivity index (χ1v) is 6.79. The van der Waals surface area contributed by atoms with Gasteiger partial charge in [0.15, 0.2) is 0 Å². The van der Waals surface area contributed by atoms with Crippen molar-refractivity contribution in [2.75, 3.05) is 25.4 Å². The highest BCUT2D eigenvalue weighted by molar-refractivity contribution is 5.99. The van der Waals surface area contributed by atoms with E-state index < -0.39 is 12.7 Å². The molecule has 1 aliphatic rings. The Morgan fingerprint density at radius 3 is 2.48 bits per heavy atom. The molecule has 0 unspecified atom stereocenters. The number of para-hydroxylation sites is 1. The average Bonchev–Trinajstić information content (AvgIpc) is 2.40. The van der Waals surface area contributed by atoms with E-state index in [9.17, 15) is 18.0 Å². The highest BCUT2D eigenvalue weighted by Crippen LogP contribution is 2.20. The molecule has 4 nitrogen and oxygen atoms in total. The average molecular weight is 301 g/mol. The lowest BCUT2D eigenvalue weighted by Gasteiger charge is -2.32. The number of nitrogens with one attached hydrogen (secondary N) is 1. The van der Waals surface area contributed by atoms with Crippen LogP contribution in [-0.4, -0.2) is 42.7 Å². The first-order chi connectivity index (χ1) is 9.85. The monoisotopic (exact) mass is 301 g/mol. The van der Waals surface area contributed by atoms with Gasteiger partial charge in [0, 0.05) is 24.8 Å². The van der Waals surface area contributed by atoms with Crippen LogP contribution in [0, 0.1) is 0 Å². The maximum Gasteiger partial charge on any atom is 0.401 e. The Balaban J connectivity index is 1.84. The molecule has 0 spiro atoms. The van der Waals surface area contributed by atoms with Crippen LogP contribution in [0.1, 0.15) is 23.2 Å². The third kappa shape index (κ3) is 4.63. The molecule has 1 aromatic rings. The number of nitrogens with zero attached hydrogens (tertiary/aromatic N) is 1. The van der Waals surface area contributed by atoms with E-state index >= 15 is 0 Å². The highest BCUT2D eigenvalue weighted by Gasteiger charge is 2.32. The summed E-state index contributed by atoms with van der Waals surface area (Å²) in [5.74, 6) is -0.276. The molecule has 3 N–H and O–H groups in total. The lowest BCUT2D eigenvalue weighted by Crippen LogP contribution is -2.47. The third-order valence-electron chi connectivity index (χ3n) is 3.53. The quantitative estimate of drug-likeness (QED) is 0.840. The molecule has 1 fully saturated rings. The molecule has 2 rings (SSSR count). The minimum absolute atomic E-state index is 0.110. The molecule has 1 aliphatic heterocycles. The number of carbonyl (C=O) groups excluding carboxylic acids is 1. The van der Waals surface area contributed by atoms with Crippen molar-refractivity contribution in [2.24, 2.45) is 0 Å². The summed E-state index contributed by atoms with van der Waals surface area (Å²) >= 11 is 0. The van der Waals surface area contributed by atoms with Gasteiger partial charge in [0.1, 0.15) is 0 Å². The first kappa shape index (κ1) is 15.6. The predicted molar refractivity (Wildman–Crippen MR) is 73.8 cm³/mol. The standard InChI is InChI=1S/C14H18F3N3O/c15-14(16,17)9-20-7-5-10(6-8-20)19-13(21)11-3-1-2-4-12(11)18/h1-4,10H,5-9,18H2,(H,19,21). The summed E-state index contributed by atoms with van der Waals surface area (Å²) in [6.45, 7) is -0.233. The van der Waals surface area contributed by atoms with Crippen molar-refractivity contribution >= 4 is 11.6 Å². The van der Waals surface area contributed by atoms with Gasteiger partial charge in [-0.05, 0) is 25.0 Å². The predicted octanol–water partition coefficient (Wildman–Crippen LogP) is 2.03. The van der Waals surface area contributed by atoms with Crippen molar-refractivity contribution in [3.05, 3.63) is 29.8 Å². The molecule has 1 amide bonds. The van der Waals surface area contributed by atoms with Crippen LogP contribution in [0.2, 0.25) is 0 Å². The van der Waals surface area contributed by atoms with E-state index in [-0.39, 0.29) is 11.9 Å². The Morgan fingerprint density at radius 1 is 1.29 bits per heavy atom. The topological polar surface area (TPSA) is 58.4 Å². The normalized spacial score (nSPS) is 17.7. The van der Waals surface area contributed by atoms with Gasteiger partial charge in [-0.25, -0.2) is 0 Å². The van der Waals surface area contributed by atoms with Gasteiger partial charge in [-0.3, -0.25) is 9.69 Å². The molecule has 0 aliphatic carbocycles. The molecule has 0 bridgehead atoms. The number of alkyl halides is 3. The molecular weight excluding hydrogens is 283 g/mol. The number of halogens is 3. The minimum Gasteiger partial charge on any atom is -0.398 e. The zero-order chi connectivity index (χ0) is 15.5. The number of nitrogens with two attached hydrogens (primary N) is 1. The second-order valence-electron chi connectivity index (χ2n) is 5.23. The van der Waals surface area contributed by atoms with Gasteiger partial charge in [-0.2, -0.15) is 13.2 Å². The van der Waals surface area contributed by atoms with E-state index in [2.05, 4.69) is 5.32 Å². The van der Waals surface area contributed by atoms with Gasteiger partial charge in [0.25, 0.3) is 5.91 Å². The van der Waals surface area contributed by atoms with Crippen molar-refractivity contribution in [1.82, 2.24) is 10.2 Å². The molecule has 0 aromatic heterocycles. The maximum absolute atomic E-state index is 12.3. The van der Waals surface area contributed by atoms with Crippen molar-refractivity contribution in [3.63, 3.8) is 0 Å². The number of nitrogen functional groups attached to an aromatic ring is 1. The van der Waals surface area contributed by atoms with Crippen LogP contribution in [0.3, 0.4) is 0 Å². The number of anilines is 1. The van der Waals surface area contributed by atoms with Gasteiger partial charge in [0.05, 0.1) is 12.1 Å². The Kier molecular flexibility index (Phi) is 4.72. The SMILES string of the molecule is Nc1ccccc1C(=O)NC1CCN(CC(F)(F)F)CC1. The van der Waals surface area contributed by atoms with Gasteiger partial charge in [-0.1, -0.05) is 12.1 Å². The summed E-state index contributed by atoms with van der Waals surface area (Å²) in [7, 11) is 0. The second kappa shape index (κ2) is 6.34. The van der Waals surface area contributed by atoms with Gasteiger partial charge >= 0.3 is 6.18 Å². The number of carbonyl (C=O) groups is 1. The lowest BCUT2D eigenvalue weighted by molar-refractivity contribution is -0.148. The highest BCUT2D eigenvalue weighted by atomic mass is 19.4. The van der Waals surface area contributed by atoms with Gasteiger partial charge in [0.2, 0.25) is 0 Å². The molecule has 0 radical (unpaired) electrons. The smallest absolute Gasteiger partial charge is 0.398 e. The Labute approximate surface area is 121 Å². The number of likely N-dealkylation sites (tertiary alicyclic amines) is 1. The summed E-state index contributed by atoms with van der Waals surface area (Å²) in [6.07, 6.45) is -3.16. The molecule has 21 heavy (non-hydrogen) atoms. The summed E-state index contributed by atoms with van der Waals surface area (Å²) < 4.78 is 36.9. The van der Waals surface area contributed by atoms with Crippen LogP contribution in [0.25, 0.3) is 0 Å². The summed E-state index contributed by atoms with van der Waals surface area (Å²) in [5, 5.41) is 2.83. The molecule has 1 saturated heterocycles. The van der Waals surface area contributed by atoms with E-state index in [1.807, 2.05) is 0 Å². The Bertz CT molecular complexity index is 496. The van der Waals surface area contributed by atoms with Crippen molar-refractivity contribution in [2.45, 2.75) is 25.1 Å². The summed E-state index contributed by atoms with van der Waals surface area (Å²) in [4.78, 5) is 13.4. The largest absolute Gasteiger partial charge is 0.401 e. The van der Waals surface area contributed by atoms with Crippen LogP contribution in [-0.2, 0) is 0 Å². The minimum atomic E-state index is -4.17. The van der Waals surface area contributed by atoms with E-state index in [0.29, 0.717) is 37.2 Å². The lowest BCUT2D eigenvalue weighted by atomic mass is 10.0. The molecule has 1 aromatic carbocycles. The van der Waals surface area contributed by atoms with Crippen LogP contribution in [0.15, 0.2) is 24.3 Å². The zero-order valence-electron chi connectivity index (χ0n) is 11.5. The van der Waals surface area contributed by atoms with E-state index in [0.717, 1.165) is 0 Å². The number of rotatable bonds is 3. The van der Waals surface area contributed by atoms with E-state index in [1.165, 1.54) is 4.90 Å². The van der Waals surface area contributed by atoms with E-state index in [1.54, 1.807) is 24.3 Å². The number of piperidine rings is 1. The number of hydrogen-bond donors (Lipinski definition) is 2. The van der Waals surface area contributed by atoms with Crippen molar-refractivity contribution in [1.29, 1.82) is 0 Å². The van der Waals surface area contributed by atoms with Crippen LogP contribution in [0.5, 0.6) is 0 Å². The Morgan fingerprint density at radius 2 is 1.90 bits per heavy atom. The van der Waals surface area contributed by atoms with E-state index in [4.69, 9.17) is 5.73 Å². The summed E-state index contributed by atoms with van der Waals surface area (Å²) in [5.41, 5.74) is 6.52.